The second-order valence-corrected chi connectivity index (χ2v) is 8.22. The van der Waals surface area contributed by atoms with Gasteiger partial charge in [-0.25, -0.2) is 0 Å². The van der Waals surface area contributed by atoms with Crippen molar-refractivity contribution in [1.82, 2.24) is 5.32 Å². The van der Waals surface area contributed by atoms with Gasteiger partial charge in [-0.05, 0) is 24.7 Å². The average molecular weight is 269 g/mol. The molecule has 2 aliphatic rings. The average Bonchev–Trinajstić information content (AvgIpc) is 2.26. The summed E-state index contributed by atoms with van der Waals surface area (Å²) < 4.78 is 5.91. The maximum atomic E-state index is 10.1. The lowest BCUT2D eigenvalue weighted by Gasteiger charge is -2.60. The number of ether oxygens (including phenoxy) is 1. The van der Waals surface area contributed by atoms with E-state index in [1.54, 1.807) is 0 Å². The summed E-state index contributed by atoms with van der Waals surface area (Å²) in [7, 11) is 0. The topological polar surface area (TPSA) is 41.5 Å². The molecule has 1 heterocycles. The third-order valence-corrected chi connectivity index (χ3v) is 4.75. The maximum absolute atomic E-state index is 10.1. The second kappa shape index (κ2) is 5.34. The van der Waals surface area contributed by atoms with Crippen LogP contribution in [0.15, 0.2) is 0 Å². The largest absolute Gasteiger partial charge is 0.392 e. The van der Waals surface area contributed by atoms with Crippen molar-refractivity contribution in [2.45, 2.75) is 72.1 Å². The van der Waals surface area contributed by atoms with Gasteiger partial charge >= 0.3 is 0 Å². The Labute approximate surface area is 118 Å². The van der Waals surface area contributed by atoms with Crippen LogP contribution in [0, 0.1) is 16.7 Å². The Hall–Kier alpha value is -0.120. The van der Waals surface area contributed by atoms with Gasteiger partial charge < -0.3 is 15.2 Å². The van der Waals surface area contributed by atoms with E-state index in [0.717, 1.165) is 13.0 Å². The molecule has 2 N–H and O–H groups in total. The highest BCUT2D eigenvalue weighted by Gasteiger charge is 2.57. The Bertz CT molecular complexity index is 308. The summed E-state index contributed by atoms with van der Waals surface area (Å²) in [5.74, 6) is 0.644. The molecule has 3 heteroatoms. The van der Waals surface area contributed by atoms with Gasteiger partial charge in [0.05, 0.1) is 12.2 Å². The first kappa shape index (κ1) is 15.3. The van der Waals surface area contributed by atoms with Crippen LogP contribution in [-0.2, 0) is 4.74 Å². The van der Waals surface area contributed by atoms with Crippen molar-refractivity contribution in [3.05, 3.63) is 0 Å². The second-order valence-electron chi connectivity index (χ2n) is 8.22. The van der Waals surface area contributed by atoms with Crippen LogP contribution >= 0.6 is 0 Å². The number of aliphatic hydroxyl groups is 1. The van der Waals surface area contributed by atoms with E-state index >= 15 is 0 Å². The quantitative estimate of drug-likeness (QED) is 0.824. The van der Waals surface area contributed by atoms with E-state index in [2.05, 4.69) is 39.9 Å². The smallest absolute Gasteiger partial charge is 0.0684 e. The van der Waals surface area contributed by atoms with Gasteiger partial charge in [-0.15, -0.1) is 0 Å². The minimum absolute atomic E-state index is 0.187. The predicted octanol–water partition coefficient (Wildman–Crippen LogP) is 2.58. The van der Waals surface area contributed by atoms with Crippen LogP contribution < -0.4 is 5.32 Å². The molecule has 1 saturated carbocycles. The third kappa shape index (κ3) is 3.32. The number of aliphatic hydroxyl groups excluding tert-OH is 1. The van der Waals surface area contributed by atoms with Crippen molar-refractivity contribution in [2.75, 3.05) is 13.2 Å². The summed E-state index contributed by atoms with van der Waals surface area (Å²) in [6.07, 6.45) is 3.46. The SMILES string of the molecule is CC(C)(C)CC(O)CNC1C2CCCOC2C1(C)C. The molecule has 4 atom stereocenters. The molecule has 0 aromatic carbocycles. The van der Waals surface area contributed by atoms with Gasteiger partial charge in [-0.1, -0.05) is 34.6 Å². The van der Waals surface area contributed by atoms with Gasteiger partial charge in [-0.2, -0.15) is 0 Å². The zero-order chi connectivity index (χ0) is 14.3. The molecular weight excluding hydrogens is 238 g/mol. The predicted molar refractivity (Wildman–Crippen MR) is 78.1 cm³/mol. The standard InChI is InChI=1S/C16H31NO2/c1-15(2,3)9-11(18)10-17-13-12-7-6-8-19-14(12)16(13,4)5/h11-14,17-18H,6-10H2,1-5H3. The highest BCUT2D eigenvalue weighted by Crippen LogP contribution is 2.51. The summed E-state index contributed by atoms with van der Waals surface area (Å²) in [4.78, 5) is 0. The van der Waals surface area contributed by atoms with Crippen LogP contribution in [0.5, 0.6) is 0 Å². The third-order valence-electron chi connectivity index (χ3n) is 4.75. The molecule has 0 radical (unpaired) electrons. The van der Waals surface area contributed by atoms with Gasteiger partial charge in [0.2, 0.25) is 0 Å². The molecule has 1 aliphatic heterocycles. The van der Waals surface area contributed by atoms with Crippen LogP contribution in [0.1, 0.15) is 53.9 Å². The number of hydrogen-bond acceptors (Lipinski definition) is 3. The molecule has 2 rings (SSSR count). The molecule has 0 aromatic heterocycles. The first-order valence-electron chi connectivity index (χ1n) is 7.75. The number of rotatable bonds is 4. The van der Waals surface area contributed by atoms with Crippen LogP contribution in [0.25, 0.3) is 0 Å². The summed E-state index contributed by atoms with van der Waals surface area (Å²) in [5.41, 5.74) is 0.388. The molecule has 112 valence electrons. The molecule has 0 aromatic rings. The molecule has 0 spiro atoms. The molecule has 2 fully saturated rings. The van der Waals surface area contributed by atoms with Crippen molar-refractivity contribution in [2.24, 2.45) is 16.7 Å². The fraction of sp³-hybridized carbons (Fsp3) is 1.00. The summed E-state index contributed by atoms with van der Waals surface area (Å²) in [6.45, 7) is 12.7. The van der Waals surface area contributed by atoms with E-state index in [4.69, 9.17) is 4.74 Å². The van der Waals surface area contributed by atoms with Crippen LogP contribution in [-0.4, -0.2) is 36.5 Å². The highest BCUT2D eigenvalue weighted by atomic mass is 16.5. The summed E-state index contributed by atoms with van der Waals surface area (Å²) >= 11 is 0. The molecule has 4 unspecified atom stereocenters. The van der Waals surface area contributed by atoms with Crippen LogP contribution in [0.2, 0.25) is 0 Å². The van der Waals surface area contributed by atoms with E-state index in [1.165, 1.54) is 12.8 Å². The van der Waals surface area contributed by atoms with Gasteiger partial charge in [0.15, 0.2) is 0 Å². The molecule has 3 nitrogen and oxygen atoms in total. The normalized spacial score (nSPS) is 35.4. The van der Waals surface area contributed by atoms with Crippen molar-refractivity contribution in [3.63, 3.8) is 0 Å². The van der Waals surface area contributed by atoms with Crippen molar-refractivity contribution in [3.8, 4) is 0 Å². The zero-order valence-corrected chi connectivity index (χ0v) is 13.2. The van der Waals surface area contributed by atoms with Crippen LogP contribution in [0.3, 0.4) is 0 Å². The monoisotopic (exact) mass is 269 g/mol. The summed E-state index contributed by atoms with van der Waals surface area (Å²) in [6, 6.07) is 0.493. The summed E-state index contributed by atoms with van der Waals surface area (Å²) in [5, 5.41) is 13.7. The Kier molecular flexibility index (Phi) is 4.29. The molecule has 19 heavy (non-hydrogen) atoms. The molecular formula is C16H31NO2. The zero-order valence-electron chi connectivity index (χ0n) is 13.2. The number of hydrogen-bond donors (Lipinski definition) is 2. The minimum atomic E-state index is -0.251. The van der Waals surface area contributed by atoms with Gasteiger partial charge in [0.1, 0.15) is 0 Å². The minimum Gasteiger partial charge on any atom is -0.392 e. The molecule has 0 bridgehead atoms. The number of fused-ring (bicyclic) bond motifs is 1. The van der Waals surface area contributed by atoms with Crippen molar-refractivity contribution in [1.29, 1.82) is 0 Å². The van der Waals surface area contributed by atoms with Crippen molar-refractivity contribution < 1.29 is 9.84 Å². The lowest BCUT2D eigenvalue weighted by atomic mass is 9.55. The fourth-order valence-electron chi connectivity index (χ4n) is 3.98. The first-order chi connectivity index (χ1) is 8.72. The Balaban J connectivity index is 1.82. The number of nitrogens with one attached hydrogen (secondary N) is 1. The lowest BCUT2D eigenvalue weighted by Crippen LogP contribution is -2.69. The first-order valence-corrected chi connectivity index (χ1v) is 7.75. The van der Waals surface area contributed by atoms with E-state index < -0.39 is 0 Å². The Morgan fingerprint density at radius 3 is 2.68 bits per heavy atom. The maximum Gasteiger partial charge on any atom is 0.0684 e. The van der Waals surface area contributed by atoms with E-state index in [9.17, 15) is 5.11 Å². The molecule has 1 saturated heterocycles. The van der Waals surface area contributed by atoms with Gasteiger partial charge in [0.25, 0.3) is 0 Å². The van der Waals surface area contributed by atoms with E-state index in [-0.39, 0.29) is 16.9 Å². The Morgan fingerprint density at radius 2 is 2.05 bits per heavy atom. The molecule has 0 amide bonds. The Morgan fingerprint density at radius 1 is 1.37 bits per heavy atom. The van der Waals surface area contributed by atoms with Gasteiger partial charge in [-0.3, -0.25) is 0 Å². The van der Waals surface area contributed by atoms with E-state index in [0.29, 0.717) is 24.6 Å². The lowest BCUT2D eigenvalue weighted by molar-refractivity contribution is -0.193. The van der Waals surface area contributed by atoms with Gasteiger partial charge in [0, 0.05) is 30.5 Å². The van der Waals surface area contributed by atoms with E-state index in [1.807, 2.05) is 0 Å². The van der Waals surface area contributed by atoms with Crippen molar-refractivity contribution >= 4 is 0 Å². The fourth-order valence-corrected chi connectivity index (χ4v) is 3.98. The van der Waals surface area contributed by atoms with Crippen LogP contribution in [0.4, 0.5) is 0 Å². The highest BCUT2D eigenvalue weighted by molar-refractivity contribution is 5.10. The molecule has 1 aliphatic carbocycles.